The quantitative estimate of drug-likeness (QED) is 0.736. The van der Waals surface area contributed by atoms with Crippen molar-refractivity contribution in [2.24, 2.45) is 14.1 Å². The van der Waals surface area contributed by atoms with Gasteiger partial charge in [-0.15, -0.1) is 0 Å². The van der Waals surface area contributed by atoms with Crippen LogP contribution in [0.3, 0.4) is 0 Å². The normalized spacial score (nSPS) is 11.2. The minimum Gasteiger partial charge on any atom is -0.318 e. The Morgan fingerprint density at radius 2 is 1.73 bits per heavy atom. The van der Waals surface area contributed by atoms with E-state index in [2.05, 4.69) is 4.98 Å². The van der Waals surface area contributed by atoms with Crippen LogP contribution in [0.5, 0.6) is 0 Å². The summed E-state index contributed by atoms with van der Waals surface area (Å²) in [5, 5.41) is 0. The number of benzene rings is 1. The van der Waals surface area contributed by atoms with Crippen LogP contribution in [0.15, 0.2) is 39.9 Å². The van der Waals surface area contributed by atoms with E-state index in [9.17, 15) is 9.59 Å². The van der Waals surface area contributed by atoms with Gasteiger partial charge in [-0.2, -0.15) is 0 Å². The zero-order valence-corrected chi connectivity index (χ0v) is 12.9. The van der Waals surface area contributed by atoms with Crippen LogP contribution in [0.1, 0.15) is 13.3 Å². The SMILES string of the molecule is CCCn1c(-c2ccccc2)nc2c1c(=O)n(C)c(=O)n2C. The minimum atomic E-state index is -0.363. The lowest BCUT2D eigenvalue weighted by Gasteiger charge is -2.08. The smallest absolute Gasteiger partial charge is 0.318 e. The van der Waals surface area contributed by atoms with Crippen molar-refractivity contribution in [2.45, 2.75) is 19.9 Å². The first-order valence-corrected chi connectivity index (χ1v) is 7.28. The number of nitrogens with zero attached hydrogens (tertiary/aromatic N) is 4. The van der Waals surface area contributed by atoms with Gasteiger partial charge in [-0.25, -0.2) is 9.78 Å². The molecule has 6 nitrogen and oxygen atoms in total. The van der Waals surface area contributed by atoms with Crippen LogP contribution in [0.2, 0.25) is 0 Å². The largest absolute Gasteiger partial charge is 0.332 e. The molecule has 3 aromatic rings. The average Bonchev–Trinajstić information content (AvgIpc) is 2.92. The summed E-state index contributed by atoms with van der Waals surface area (Å²) in [6, 6.07) is 9.71. The van der Waals surface area contributed by atoms with Crippen LogP contribution >= 0.6 is 0 Å². The molecule has 22 heavy (non-hydrogen) atoms. The Kier molecular flexibility index (Phi) is 3.44. The van der Waals surface area contributed by atoms with Crippen LogP contribution in [-0.2, 0) is 20.6 Å². The molecule has 0 aliphatic heterocycles. The summed E-state index contributed by atoms with van der Waals surface area (Å²) >= 11 is 0. The zero-order chi connectivity index (χ0) is 15.9. The lowest BCUT2D eigenvalue weighted by molar-refractivity contribution is 0.679. The van der Waals surface area contributed by atoms with E-state index in [1.807, 2.05) is 41.8 Å². The molecule has 2 aromatic heterocycles. The highest BCUT2D eigenvalue weighted by atomic mass is 16.2. The molecule has 0 saturated heterocycles. The van der Waals surface area contributed by atoms with Gasteiger partial charge < -0.3 is 4.57 Å². The minimum absolute atomic E-state index is 0.304. The van der Waals surface area contributed by atoms with Gasteiger partial charge in [-0.1, -0.05) is 37.3 Å². The third kappa shape index (κ3) is 1.99. The van der Waals surface area contributed by atoms with Crippen molar-refractivity contribution in [2.75, 3.05) is 0 Å². The van der Waals surface area contributed by atoms with E-state index in [1.54, 1.807) is 7.05 Å². The number of hydrogen-bond acceptors (Lipinski definition) is 3. The second-order valence-electron chi connectivity index (χ2n) is 5.33. The molecular formula is C16H18N4O2. The summed E-state index contributed by atoms with van der Waals surface area (Å²) < 4.78 is 4.46. The lowest BCUT2D eigenvalue weighted by Crippen LogP contribution is -2.37. The number of aryl methyl sites for hydroxylation is 2. The average molecular weight is 298 g/mol. The predicted molar refractivity (Wildman–Crippen MR) is 85.9 cm³/mol. The molecule has 0 unspecified atom stereocenters. The molecule has 0 aliphatic carbocycles. The Morgan fingerprint density at radius 3 is 2.36 bits per heavy atom. The summed E-state index contributed by atoms with van der Waals surface area (Å²) in [6.07, 6.45) is 0.872. The molecule has 0 saturated carbocycles. The Hall–Kier alpha value is -2.63. The fraction of sp³-hybridized carbons (Fsp3) is 0.312. The lowest BCUT2D eigenvalue weighted by atomic mass is 10.2. The van der Waals surface area contributed by atoms with Gasteiger partial charge in [0.25, 0.3) is 5.56 Å². The maximum absolute atomic E-state index is 12.5. The fourth-order valence-corrected chi connectivity index (χ4v) is 2.70. The summed E-state index contributed by atoms with van der Waals surface area (Å²) in [5.74, 6) is 0.718. The van der Waals surface area contributed by atoms with Gasteiger partial charge in [0.1, 0.15) is 5.82 Å². The molecule has 114 valence electrons. The van der Waals surface area contributed by atoms with Crippen LogP contribution < -0.4 is 11.2 Å². The van der Waals surface area contributed by atoms with Gasteiger partial charge >= 0.3 is 5.69 Å². The summed E-state index contributed by atoms with van der Waals surface area (Å²) in [4.78, 5) is 29.2. The number of aromatic nitrogens is 4. The molecule has 0 fully saturated rings. The highest BCUT2D eigenvalue weighted by Crippen LogP contribution is 2.22. The van der Waals surface area contributed by atoms with Crippen molar-refractivity contribution < 1.29 is 0 Å². The third-order valence-corrected chi connectivity index (χ3v) is 3.83. The highest BCUT2D eigenvalue weighted by Gasteiger charge is 2.19. The van der Waals surface area contributed by atoms with Gasteiger partial charge in [0.15, 0.2) is 11.2 Å². The van der Waals surface area contributed by atoms with Crippen LogP contribution in [-0.4, -0.2) is 18.7 Å². The van der Waals surface area contributed by atoms with Crippen molar-refractivity contribution in [3.05, 3.63) is 51.2 Å². The maximum atomic E-state index is 12.5. The van der Waals surface area contributed by atoms with Crippen molar-refractivity contribution in [1.82, 2.24) is 18.7 Å². The Balaban J connectivity index is 2.47. The first-order valence-electron chi connectivity index (χ1n) is 7.28. The van der Waals surface area contributed by atoms with Crippen molar-refractivity contribution >= 4 is 11.2 Å². The molecule has 2 heterocycles. The Labute approximate surface area is 127 Å². The van der Waals surface area contributed by atoms with Crippen molar-refractivity contribution in [3.63, 3.8) is 0 Å². The van der Waals surface area contributed by atoms with E-state index in [0.29, 0.717) is 17.7 Å². The van der Waals surface area contributed by atoms with Crippen LogP contribution in [0.4, 0.5) is 0 Å². The topological polar surface area (TPSA) is 61.8 Å². The highest BCUT2D eigenvalue weighted by molar-refractivity contribution is 5.77. The number of rotatable bonds is 3. The van der Waals surface area contributed by atoms with E-state index in [4.69, 9.17) is 0 Å². The van der Waals surface area contributed by atoms with Gasteiger partial charge in [0.05, 0.1) is 0 Å². The summed E-state index contributed by atoms with van der Waals surface area (Å²) in [7, 11) is 3.14. The zero-order valence-electron chi connectivity index (χ0n) is 12.9. The van der Waals surface area contributed by atoms with Crippen LogP contribution in [0.25, 0.3) is 22.6 Å². The van der Waals surface area contributed by atoms with Crippen LogP contribution in [0, 0.1) is 0 Å². The molecule has 0 aliphatic rings. The third-order valence-electron chi connectivity index (χ3n) is 3.83. The monoisotopic (exact) mass is 298 g/mol. The standard InChI is InChI=1S/C16H18N4O2/c1-4-10-20-12-14(18(2)16(22)19(3)15(12)21)17-13(20)11-8-6-5-7-9-11/h5-9H,4,10H2,1-3H3. The van der Waals surface area contributed by atoms with Gasteiger partial charge in [0.2, 0.25) is 0 Å². The van der Waals surface area contributed by atoms with E-state index in [0.717, 1.165) is 22.4 Å². The molecular weight excluding hydrogens is 280 g/mol. The molecule has 0 bridgehead atoms. The molecule has 3 rings (SSSR count). The molecule has 0 atom stereocenters. The molecule has 0 spiro atoms. The van der Waals surface area contributed by atoms with Crippen molar-refractivity contribution in [3.8, 4) is 11.4 Å². The molecule has 6 heteroatoms. The molecule has 0 amide bonds. The predicted octanol–water partition coefficient (Wildman–Crippen LogP) is 1.51. The van der Waals surface area contributed by atoms with E-state index in [1.165, 1.54) is 11.6 Å². The number of hydrogen-bond donors (Lipinski definition) is 0. The molecule has 1 aromatic carbocycles. The molecule has 0 radical (unpaired) electrons. The fourth-order valence-electron chi connectivity index (χ4n) is 2.70. The Bertz CT molecular complexity index is 948. The van der Waals surface area contributed by atoms with E-state index >= 15 is 0 Å². The summed E-state index contributed by atoms with van der Waals surface area (Å²) in [6.45, 7) is 2.72. The van der Waals surface area contributed by atoms with Crippen molar-refractivity contribution in [1.29, 1.82) is 0 Å². The van der Waals surface area contributed by atoms with Gasteiger partial charge in [-0.3, -0.25) is 13.9 Å². The first kappa shape index (κ1) is 14.3. The van der Waals surface area contributed by atoms with Gasteiger partial charge in [0, 0.05) is 26.2 Å². The first-order chi connectivity index (χ1) is 10.6. The van der Waals surface area contributed by atoms with Gasteiger partial charge in [-0.05, 0) is 6.42 Å². The number of fused-ring (bicyclic) bond motifs is 1. The Morgan fingerprint density at radius 1 is 1.05 bits per heavy atom. The van der Waals surface area contributed by atoms with E-state index in [-0.39, 0.29) is 11.2 Å². The second kappa shape index (κ2) is 5.29. The molecule has 0 N–H and O–H groups in total. The second-order valence-corrected chi connectivity index (χ2v) is 5.33. The summed E-state index contributed by atoms with van der Waals surface area (Å²) in [5.41, 5.74) is 1.17. The van der Waals surface area contributed by atoms with E-state index < -0.39 is 0 Å². The number of imidazole rings is 1. The maximum Gasteiger partial charge on any atom is 0.332 e.